The third-order valence-corrected chi connectivity index (χ3v) is 4.60. The summed E-state index contributed by atoms with van der Waals surface area (Å²) < 4.78 is 38.0. The Balaban J connectivity index is 2.11. The second-order valence-electron chi connectivity index (χ2n) is 5.96. The topological polar surface area (TPSA) is 78.8 Å². The Kier molecular flexibility index (Phi) is 6.10. The quantitative estimate of drug-likeness (QED) is 0.620. The lowest BCUT2D eigenvalue weighted by Gasteiger charge is -2.22. The van der Waals surface area contributed by atoms with Crippen molar-refractivity contribution in [3.05, 3.63) is 65.0 Å². The molecule has 0 spiro atoms. The van der Waals surface area contributed by atoms with Gasteiger partial charge in [-0.15, -0.1) is 0 Å². The summed E-state index contributed by atoms with van der Waals surface area (Å²) in [5.74, 6) is -0.962. The number of carbonyl (C=O) groups is 1. The molecule has 0 atom stereocenters. The normalized spacial score (nSPS) is 11.5. The summed E-state index contributed by atoms with van der Waals surface area (Å²) in [6.07, 6.45) is 2.39. The van der Waals surface area contributed by atoms with Gasteiger partial charge in [0.15, 0.2) is 0 Å². The third kappa shape index (κ3) is 5.66. The summed E-state index contributed by atoms with van der Waals surface area (Å²) >= 11 is 0. The lowest BCUT2D eigenvalue weighted by molar-refractivity contribution is -0.119. The van der Waals surface area contributed by atoms with Gasteiger partial charge in [0.05, 0.1) is 18.2 Å². The smallest absolute Gasteiger partial charge is 0.260 e. The highest BCUT2D eigenvalue weighted by molar-refractivity contribution is 7.92. The molecule has 8 heteroatoms. The fraction of sp³-hybridized carbons (Fsp3) is 0.222. The minimum Gasteiger partial charge on any atom is -0.271 e. The Hall–Kier alpha value is -2.74. The van der Waals surface area contributed by atoms with Crippen LogP contribution >= 0.6 is 0 Å². The second-order valence-corrected chi connectivity index (χ2v) is 7.87. The maximum atomic E-state index is 12.8. The van der Waals surface area contributed by atoms with E-state index in [4.69, 9.17) is 0 Å². The number of carbonyl (C=O) groups excluding carboxylic acids is 1. The van der Waals surface area contributed by atoms with E-state index in [1.165, 1.54) is 30.5 Å². The Labute approximate surface area is 152 Å². The summed E-state index contributed by atoms with van der Waals surface area (Å²) in [6, 6.07) is 10.9. The van der Waals surface area contributed by atoms with Crippen molar-refractivity contribution in [2.75, 3.05) is 17.1 Å². The number of hydrogen-bond donors (Lipinski definition) is 1. The summed E-state index contributed by atoms with van der Waals surface area (Å²) in [4.78, 5) is 12.1. The average Bonchev–Trinajstić information content (AvgIpc) is 2.52. The van der Waals surface area contributed by atoms with Crippen LogP contribution in [0.1, 0.15) is 16.7 Å². The van der Waals surface area contributed by atoms with Crippen LogP contribution in [0.4, 0.5) is 10.1 Å². The Bertz CT molecular complexity index is 905. The van der Waals surface area contributed by atoms with Crippen LogP contribution in [0.5, 0.6) is 0 Å². The molecule has 1 amide bonds. The van der Waals surface area contributed by atoms with E-state index < -0.39 is 22.5 Å². The number of halogens is 1. The SMILES string of the molecule is Cc1cc(C)cc(N(CC(=O)N/N=C\c2ccc(F)cc2)S(C)(=O)=O)c1. The molecule has 6 nitrogen and oxygen atoms in total. The third-order valence-electron chi connectivity index (χ3n) is 3.45. The molecule has 0 heterocycles. The van der Waals surface area contributed by atoms with E-state index in [-0.39, 0.29) is 5.82 Å². The molecule has 0 radical (unpaired) electrons. The molecule has 0 aliphatic rings. The lowest BCUT2D eigenvalue weighted by atomic mass is 10.1. The number of hydrogen-bond acceptors (Lipinski definition) is 4. The zero-order valence-electron chi connectivity index (χ0n) is 14.7. The first kappa shape index (κ1) is 19.6. The number of anilines is 1. The largest absolute Gasteiger partial charge is 0.271 e. The summed E-state index contributed by atoms with van der Waals surface area (Å²) in [5.41, 5.74) is 5.08. The van der Waals surface area contributed by atoms with Gasteiger partial charge in [-0.1, -0.05) is 18.2 Å². The van der Waals surface area contributed by atoms with E-state index in [1.54, 1.807) is 12.1 Å². The maximum Gasteiger partial charge on any atom is 0.260 e. The first-order valence-electron chi connectivity index (χ1n) is 7.78. The molecule has 0 unspecified atom stereocenters. The first-order valence-corrected chi connectivity index (χ1v) is 9.63. The molecular formula is C18H20FN3O3S. The number of nitrogens with one attached hydrogen (secondary N) is 1. The van der Waals surface area contributed by atoms with Crippen LogP contribution in [-0.4, -0.2) is 33.3 Å². The molecule has 0 aliphatic heterocycles. The maximum absolute atomic E-state index is 12.8. The number of amides is 1. The number of benzene rings is 2. The summed E-state index contributed by atoms with van der Waals surface area (Å²) in [7, 11) is -3.65. The highest BCUT2D eigenvalue weighted by atomic mass is 32.2. The van der Waals surface area contributed by atoms with Crippen molar-refractivity contribution in [3.8, 4) is 0 Å². The molecule has 2 rings (SSSR count). The van der Waals surface area contributed by atoms with Gasteiger partial charge >= 0.3 is 0 Å². The molecule has 0 bridgehead atoms. The van der Waals surface area contributed by atoms with Gasteiger partial charge in [-0.3, -0.25) is 9.10 Å². The highest BCUT2D eigenvalue weighted by Crippen LogP contribution is 2.21. The van der Waals surface area contributed by atoms with Gasteiger partial charge in [0, 0.05) is 0 Å². The molecule has 1 N–H and O–H groups in total. The predicted octanol–water partition coefficient (Wildman–Crippen LogP) is 2.36. The van der Waals surface area contributed by atoms with Gasteiger partial charge in [0.25, 0.3) is 5.91 Å². The molecule has 0 saturated heterocycles. The molecule has 138 valence electrons. The molecule has 26 heavy (non-hydrogen) atoms. The molecule has 0 aliphatic carbocycles. The van der Waals surface area contributed by atoms with Crippen molar-refractivity contribution < 1.29 is 17.6 Å². The van der Waals surface area contributed by atoms with E-state index in [9.17, 15) is 17.6 Å². The number of aryl methyl sites for hydroxylation is 2. The fourth-order valence-corrected chi connectivity index (χ4v) is 3.23. The standard InChI is InChI=1S/C18H20FN3O3S/c1-13-8-14(2)10-17(9-13)22(26(3,24)25)12-18(23)21-20-11-15-4-6-16(19)7-5-15/h4-11H,12H2,1-3H3,(H,21,23)/b20-11-. The van der Waals surface area contributed by atoms with Crippen molar-refractivity contribution in [1.82, 2.24) is 5.43 Å². The van der Waals surface area contributed by atoms with E-state index >= 15 is 0 Å². The number of rotatable bonds is 6. The predicted molar refractivity (Wildman–Crippen MR) is 100 cm³/mol. The molecule has 2 aromatic rings. The van der Waals surface area contributed by atoms with Gasteiger partial charge < -0.3 is 0 Å². The molecular weight excluding hydrogens is 357 g/mol. The Morgan fingerprint density at radius 1 is 1.15 bits per heavy atom. The van der Waals surface area contributed by atoms with Crippen LogP contribution in [0.2, 0.25) is 0 Å². The van der Waals surface area contributed by atoms with E-state index in [2.05, 4.69) is 10.5 Å². The highest BCUT2D eigenvalue weighted by Gasteiger charge is 2.21. The molecule has 0 fully saturated rings. The van der Waals surface area contributed by atoms with Gasteiger partial charge in [0.1, 0.15) is 12.4 Å². The van der Waals surface area contributed by atoms with Crippen molar-refractivity contribution in [2.45, 2.75) is 13.8 Å². The molecule has 0 aromatic heterocycles. The van der Waals surface area contributed by atoms with E-state index in [0.717, 1.165) is 21.7 Å². The zero-order valence-corrected chi connectivity index (χ0v) is 15.5. The first-order chi connectivity index (χ1) is 12.1. The zero-order chi connectivity index (χ0) is 19.3. The lowest BCUT2D eigenvalue weighted by Crippen LogP contribution is -2.39. The van der Waals surface area contributed by atoms with Gasteiger partial charge in [-0.2, -0.15) is 5.10 Å². The second kappa shape index (κ2) is 8.09. The van der Waals surface area contributed by atoms with Gasteiger partial charge in [0.2, 0.25) is 10.0 Å². The monoisotopic (exact) mass is 377 g/mol. The van der Waals surface area contributed by atoms with Crippen LogP contribution in [0.25, 0.3) is 0 Å². The van der Waals surface area contributed by atoms with Gasteiger partial charge in [-0.05, 0) is 54.8 Å². The minimum atomic E-state index is -3.65. The Morgan fingerprint density at radius 3 is 2.27 bits per heavy atom. The van der Waals surface area contributed by atoms with Crippen molar-refractivity contribution in [3.63, 3.8) is 0 Å². The Morgan fingerprint density at radius 2 is 1.73 bits per heavy atom. The minimum absolute atomic E-state index is 0.372. The summed E-state index contributed by atoms with van der Waals surface area (Å²) in [6.45, 7) is 3.30. The molecule has 0 saturated carbocycles. The van der Waals surface area contributed by atoms with Crippen LogP contribution < -0.4 is 9.73 Å². The number of nitrogens with zero attached hydrogens (tertiary/aromatic N) is 2. The van der Waals surface area contributed by atoms with Gasteiger partial charge in [-0.25, -0.2) is 18.2 Å². The number of sulfonamides is 1. The number of hydrazone groups is 1. The van der Waals surface area contributed by atoms with Crippen molar-refractivity contribution in [1.29, 1.82) is 0 Å². The molecule has 2 aromatic carbocycles. The van der Waals surface area contributed by atoms with E-state index in [0.29, 0.717) is 11.3 Å². The van der Waals surface area contributed by atoms with Crippen LogP contribution in [0.15, 0.2) is 47.6 Å². The van der Waals surface area contributed by atoms with Crippen LogP contribution in [-0.2, 0) is 14.8 Å². The van der Waals surface area contributed by atoms with E-state index in [1.807, 2.05) is 19.9 Å². The fourth-order valence-electron chi connectivity index (χ4n) is 2.39. The average molecular weight is 377 g/mol. The van der Waals surface area contributed by atoms with Crippen LogP contribution in [0, 0.1) is 19.7 Å². The van der Waals surface area contributed by atoms with Crippen LogP contribution in [0.3, 0.4) is 0 Å². The van der Waals surface area contributed by atoms with Crippen molar-refractivity contribution in [2.24, 2.45) is 5.10 Å². The van der Waals surface area contributed by atoms with Crippen molar-refractivity contribution >= 4 is 27.8 Å². The summed E-state index contributed by atoms with van der Waals surface area (Å²) in [5, 5.41) is 3.77.